The maximum absolute atomic E-state index is 4.44. The van der Waals surface area contributed by atoms with Crippen molar-refractivity contribution in [2.45, 2.75) is 46.0 Å². The maximum Gasteiger partial charge on any atom is 0.0389 e. The Hall–Kier alpha value is -1.44. The molecule has 0 aliphatic heterocycles. The fraction of sp³-hybridized carbons (Fsp3) is 0.529. The molecule has 0 aliphatic rings. The number of hydrogen-bond donors (Lipinski definition) is 0. The molecule has 1 aromatic rings. The molecule has 0 fully saturated rings. The van der Waals surface area contributed by atoms with Crippen LogP contribution in [-0.2, 0) is 0 Å². The first kappa shape index (κ1) is 15.6. The summed E-state index contributed by atoms with van der Waals surface area (Å²) in [7, 11) is 0. The molecule has 0 unspecified atom stereocenters. The highest BCUT2D eigenvalue weighted by Gasteiger charge is 1.90. The molecular formula is C17H26N2. The molecule has 0 saturated carbocycles. The van der Waals surface area contributed by atoms with Gasteiger partial charge in [-0.2, -0.15) is 0 Å². The predicted molar refractivity (Wildman–Crippen MR) is 85.8 cm³/mol. The lowest BCUT2D eigenvalue weighted by Crippen LogP contribution is -1.88. The van der Waals surface area contributed by atoms with Crippen LogP contribution in [0.5, 0.6) is 0 Å². The first-order chi connectivity index (χ1) is 9.36. The van der Waals surface area contributed by atoms with Crippen LogP contribution in [0.2, 0.25) is 0 Å². The van der Waals surface area contributed by atoms with Crippen LogP contribution >= 0.6 is 0 Å². The molecule has 1 rings (SSSR count). The Kier molecular flexibility index (Phi) is 8.61. The van der Waals surface area contributed by atoms with Crippen molar-refractivity contribution in [3.05, 3.63) is 35.4 Å². The van der Waals surface area contributed by atoms with Crippen LogP contribution in [0.1, 0.15) is 57.1 Å². The minimum absolute atomic E-state index is 0.928. The Balaban J connectivity index is 2.36. The van der Waals surface area contributed by atoms with Crippen LogP contribution in [0.25, 0.3) is 0 Å². The molecule has 2 nitrogen and oxygen atoms in total. The highest BCUT2D eigenvalue weighted by molar-refractivity contribution is 5.84. The van der Waals surface area contributed by atoms with E-state index in [9.17, 15) is 0 Å². The molecule has 19 heavy (non-hydrogen) atoms. The Labute approximate surface area is 117 Å². The van der Waals surface area contributed by atoms with E-state index in [1.54, 1.807) is 0 Å². The lowest BCUT2D eigenvalue weighted by Gasteiger charge is -1.96. The Bertz CT molecular complexity index is 377. The number of unbranched alkanes of at least 4 members (excludes halogenated alkanes) is 3. The van der Waals surface area contributed by atoms with Gasteiger partial charge in [-0.15, -0.1) is 0 Å². The number of rotatable bonds is 9. The molecular weight excluding hydrogens is 232 g/mol. The van der Waals surface area contributed by atoms with Gasteiger partial charge in [0, 0.05) is 25.5 Å². The van der Waals surface area contributed by atoms with E-state index in [2.05, 4.69) is 48.1 Å². The Morgan fingerprint density at radius 3 is 1.68 bits per heavy atom. The van der Waals surface area contributed by atoms with Crippen molar-refractivity contribution in [1.29, 1.82) is 0 Å². The smallest absolute Gasteiger partial charge is 0.0389 e. The third-order valence-electron chi connectivity index (χ3n) is 2.95. The molecule has 104 valence electrons. The zero-order valence-corrected chi connectivity index (χ0v) is 12.3. The van der Waals surface area contributed by atoms with Crippen LogP contribution in [-0.4, -0.2) is 25.5 Å². The molecule has 0 saturated heterocycles. The average Bonchev–Trinajstić information content (AvgIpc) is 2.45. The van der Waals surface area contributed by atoms with E-state index >= 15 is 0 Å². The summed E-state index contributed by atoms with van der Waals surface area (Å²) in [6.07, 6.45) is 10.00. The standard InChI is InChI=1S/C17H26N2/c1-3-5-7-13-19-15-17-10-8-16(9-11-17)14-18-12-6-4-2/h8-11,14-15H,3-7,12-13H2,1-2H3. The van der Waals surface area contributed by atoms with Gasteiger partial charge in [0.25, 0.3) is 0 Å². The molecule has 0 radical (unpaired) electrons. The molecule has 0 spiro atoms. The van der Waals surface area contributed by atoms with Gasteiger partial charge in [0.05, 0.1) is 0 Å². The Morgan fingerprint density at radius 1 is 0.737 bits per heavy atom. The quantitative estimate of drug-likeness (QED) is 0.460. The lowest BCUT2D eigenvalue weighted by molar-refractivity contribution is 0.729. The summed E-state index contributed by atoms with van der Waals surface area (Å²) >= 11 is 0. The molecule has 2 heteroatoms. The molecule has 0 aliphatic carbocycles. The summed E-state index contributed by atoms with van der Waals surface area (Å²) < 4.78 is 0. The summed E-state index contributed by atoms with van der Waals surface area (Å²) in [5.74, 6) is 0. The molecule has 0 bridgehead atoms. The fourth-order valence-corrected chi connectivity index (χ4v) is 1.71. The molecule has 0 heterocycles. The van der Waals surface area contributed by atoms with E-state index in [0.29, 0.717) is 0 Å². The van der Waals surface area contributed by atoms with Crippen molar-refractivity contribution < 1.29 is 0 Å². The van der Waals surface area contributed by atoms with Crippen LogP contribution in [0.4, 0.5) is 0 Å². The van der Waals surface area contributed by atoms with E-state index in [0.717, 1.165) is 13.1 Å². The zero-order valence-electron chi connectivity index (χ0n) is 12.3. The highest BCUT2D eigenvalue weighted by atomic mass is 14.7. The van der Waals surface area contributed by atoms with Gasteiger partial charge < -0.3 is 0 Å². The van der Waals surface area contributed by atoms with E-state index in [1.165, 1.54) is 43.2 Å². The van der Waals surface area contributed by atoms with Crippen LogP contribution in [0.3, 0.4) is 0 Å². The third-order valence-corrected chi connectivity index (χ3v) is 2.95. The van der Waals surface area contributed by atoms with Gasteiger partial charge in [-0.05, 0) is 24.0 Å². The number of benzene rings is 1. The van der Waals surface area contributed by atoms with Crippen molar-refractivity contribution >= 4 is 12.4 Å². The molecule has 0 aromatic heterocycles. The fourth-order valence-electron chi connectivity index (χ4n) is 1.71. The summed E-state index contributed by atoms with van der Waals surface area (Å²) in [4.78, 5) is 8.83. The minimum atomic E-state index is 0.928. The second-order valence-corrected chi connectivity index (χ2v) is 4.80. The molecule has 0 N–H and O–H groups in total. The van der Waals surface area contributed by atoms with Gasteiger partial charge in [0.1, 0.15) is 0 Å². The first-order valence-corrected chi connectivity index (χ1v) is 7.46. The molecule has 0 amide bonds. The highest BCUT2D eigenvalue weighted by Crippen LogP contribution is 2.01. The SMILES string of the molecule is CCCCCN=Cc1ccc(C=NCCCC)cc1. The second kappa shape index (κ2) is 10.5. The van der Waals surface area contributed by atoms with Crippen molar-refractivity contribution in [3.63, 3.8) is 0 Å². The van der Waals surface area contributed by atoms with E-state index in [-0.39, 0.29) is 0 Å². The summed E-state index contributed by atoms with van der Waals surface area (Å²) in [5.41, 5.74) is 2.33. The van der Waals surface area contributed by atoms with Crippen LogP contribution < -0.4 is 0 Å². The molecule has 0 atom stereocenters. The van der Waals surface area contributed by atoms with Gasteiger partial charge >= 0.3 is 0 Å². The van der Waals surface area contributed by atoms with E-state index in [1.807, 2.05) is 12.4 Å². The van der Waals surface area contributed by atoms with Gasteiger partial charge in [0.2, 0.25) is 0 Å². The number of aliphatic imine (C=N–C) groups is 2. The van der Waals surface area contributed by atoms with E-state index in [4.69, 9.17) is 0 Å². The van der Waals surface area contributed by atoms with Gasteiger partial charge in [-0.25, -0.2) is 0 Å². The van der Waals surface area contributed by atoms with Crippen molar-refractivity contribution in [3.8, 4) is 0 Å². The van der Waals surface area contributed by atoms with Gasteiger partial charge in [0.15, 0.2) is 0 Å². The predicted octanol–water partition coefficient (Wildman–Crippen LogP) is 4.51. The zero-order chi connectivity index (χ0) is 13.8. The van der Waals surface area contributed by atoms with Crippen molar-refractivity contribution in [2.24, 2.45) is 9.98 Å². The van der Waals surface area contributed by atoms with Gasteiger partial charge in [-0.3, -0.25) is 9.98 Å². The first-order valence-electron chi connectivity index (χ1n) is 7.46. The van der Waals surface area contributed by atoms with Gasteiger partial charge in [-0.1, -0.05) is 57.4 Å². The average molecular weight is 258 g/mol. The van der Waals surface area contributed by atoms with Crippen molar-refractivity contribution in [1.82, 2.24) is 0 Å². The van der Waals surface area contributed by atoms with E-state index < -0.39 is 0 Å². The topological polar surface area (TPSA) is 24.7 Å². The largest absolute Gasteiger partial charge is 0.293 e. The minimum Gasteiger partial charge on any atom is -0.293 e. The van der Waals surface area contributed by atoms with Crippen LogP contribution in [0.15, 0.2) is 34.3 Å². The van der Waals surface area contributed by atoms with Crippen molar-refractivity contribution in [2.75, 3.05) is 13.1 Å². The Morgan fingerprint density at radius 2 is 1.21 bits per heavy atom. The lowest BCUT2D eigenvalue weighted by atomic mass is 10.1. The summed E-state index contributed by atoms with van der Waals surface area (Å²) in [6.45, 7) is 6.26. The maximum atomic E-state index is 4.44. The third kappa shape index (κ3) is 7.55. The summed E-state index contributed by atoms with van der Waals surface area (Å²) in [6, 6.07) is 8.40. The van der Waals surface area contributed by atoms with Crippen LogP contribution in [0, 0.1) is 0 Å². The number of hydrogen-bond acceptors (Lipinski definition) is 2. The normalized spacial score (nSPS) is 11.7. The number of nitrogens with zero attached hydrogens (tertiary/aromatic N) is 2. The second-order valence-electron chi connectivity index (χ2n) is 4.80. The molecule has 1 aromatic carbocycles. The monoisotopic (exact) mass is 258 g/mol. The summed E-state index contributed by atoms with van der Waals surface area (Å²) in [5, 5.41) is 0.